The molecule has 2 fully saturated rings. The maximum atomic E-state index is 13.2. The Kier molecular flexibility index (Phi) is 3.72. The van der Waals surface area contributed by atoms with E-state index in [0.29, 0.717) is 34.8 Å². The molecule has 2 aliphatic rings. The number of carbonyl (C=O) groups excluding carboxylic acids is 1. The largest absolute Gasteiger partial charge is 0.479 e. The Balaban J connectivity index is 1.73. The molecule has 0 bridgehead atoms. The molecular weight excluding hydrogens is 326 g/mol. The minimum absolute atomic E-state index is 0.0193. The number of morpholine rings is 1. The first-order valence-electron chi connectivity index (χ1n) is 8.38. The molecule has 3 heterocycles. The third kappa shape index (κ3) is 2.86. The first-order chi connectivity index (χ1) is 11.9. The van der Waals surface area contributed by atoms with Gasteiger partial charge in [-0.2, -0.15) is 0 Å². The molecule has 8 nitrogen and oxygen atoms in total. The van der Waals surface area contributed by atoms with Gasteiger partial charge in [0.2, 0.25) is 0 Å². The normalized spacial score (nSPS) is 23.8. The van der Waals surface area contributed by atoms with Crippen LogP contribution in [0.4, 0.5) is 0 Å². The number of nitrogens with zero attached hydrogens (tertiary/aromatic N) is 3. The van der Waals surface area contributed by atoms with Crippen LogP contribution in [0.1, 0.15) is 47.4 Å². The minimum Gasteiger partial charge on any atom is -0.479 e. The van der Waals surface area contributed by atoms with Gasteiger partial charge in [0.15, 0.2) is 6.10 Å². The van der Waals surface area contributed by atoms with Gasteiger partial charge >= 0.3 is 5.97 Å². The molecule has 0 radical (unpaired) electrons. The number of rotatable bonds is 3. The molecule has 132 valence electrons. The molecule has 1 unspecified atom stereocenters. The zero-order valence-corrected chi connectivity index (χ0v) is 14.1. The SMILES string of the molecule is Cc1noc2nc(C3CC3)cc(C(=O)N3CC(C(=O)O)O[C@H](C)C3)c12. The lowest BCUT2D eigenvalue weighted by molar-refractivity contribution is -0.160. The van der Waals surface area contributed by atoms with Crippen molar-refractivity contribution in [2.24, 2.45) is 0 Å². The Labute approximate surface area is 143 Å². The Morgan fingerprint density at radius 2 is 2.08 bits per heavy atom. The zero-order chi connectivity index (χ0) is 17.7. The van der Waals surface area contributed by atoms with Crippen LogP contribution in [-0.2, 0) is 9.53 Å². The number of pyridine rings is 1. The third-order valence-electron chi connectivity index (χ3n) is 4.69. The van der Waals surface area contributed by atoms with Crippen molar-refractivity contribution in [1.29, 1.82) is 0 Å². The van der Waals surface area contributed by atoms with Crippen LogP contribution in [0.5, 0.6) is 0 Å². The van der Waals surface area contributed by atoms with Crippen LogP contribution in [-0.4, -0.2) is 57.3 Å². The van der Waals surface area contributed by atoms with Crippen LogP contribution in [0.2, 0.25) is 0 Å². The van der Waals surface area contributed by atoms with Gasteiger partial charge < -0.3 is 19.3 Å². The number of hydrogen-bond acceptors (Lipinski definition) is 6. The van der Waals surface area contributed by atoms with Crippen molar-refractivity contribution in [2.75, 3.05) is 13.1 Å². The van der Waals surface area contributed by atoms with E-state index < -0.39 is 12.1 Å². The lowest BCUT2D eigenvalue weighted by Gasteiger charge is -2.35. The summed E-state index contributed by atoms with van der Waals surface area (Å²) >= 11 is 0. The average Bonchev–Trinajstić information content (AvgIpc) is 3.37. The Morgan fingerprint density at radius 1 is 1.32 bits per heavy atom. The molecule has 1 saturated heterocycles. The Bertz CT molecular complexity index is 857. The van der Waals surface area contributed by atoms with Crippen LogP contribution in [0.3, 0.4) is 0 Å². The molecule has 2 aromatic rings. The molecule has 1 amide bonds. The number of carbonyl (C=O) groups is 2. The van der Waals surface area contributed by atoms with Gasteiger partial charge in [-0.3, -0.25) is 4.79 Å². The summed E-state index contributed by atoms with van der Waals surface area (Å²) in [5.41, 5.74) is 2.28. The van der Waals surface area contributed by atoms with Crippen LogP contribution in [0, 0.1) is 6.92 Å². The fourth-order valence-corrected chi connectivity index (χ4v) is 3.29. The lowest BCUT2D eigenvalue weighted by atomic mass is 10.1. The molecule has 2 atom stereocenters. The maximum Gasteiger partial charge on any atom is 0.334 e. The van der Waals surface area contributed by atoms with Gasteiger partial charge in [-0.15, -0.1) is 0 Å². The standard InChI is InChI=1S/C17H19N3O5/c1-8-6-20(7-13(24-8)17(22)23)16(21)11-5-12(10-3-4-10)18-15-14(11)9(2)19-25-15/h5,8,10,13H,3-4,6-7H2,1-2H3,(H,22,23)/t8-,13?/m1/s1. The van der Waals surface area contributed by atoms with Gasteiger partial charge in [-0.1, -0.05) is 5.16 Å². The summed E-state index contributed by atoms with van der Waals surface area (Å²) in [6.07, 6.45) is 0.739. The molecule has 4 rings (SSSR count). The molecule has 1 aliphatic carbocycles. The Hall–Kier alpha value is -2.48. The highest BCUT2D eigenvalue weighted by Crippen LogP contribution is 2.40. The van der Waals surface area contributed by atoms with E-state index in [-0.39, 0.29) is 18.6 Å². The van der Waals surface area contributed by atoms with Crippen LogP contribution < -0.4 is 0 Å². The van der Waals surface area contributed by atoms with E-state index in [1.54, 1.807) is 13.8 Å². The molecule has 8 heteroatoms. The number of fused-ring (bicyclic) bond motifs is 1. The van der Waals surface area contributed by atoms with Gasteiger partial charge in [0, 0.05) is 18.2 Å². The van der Waals surface area contributed by atoms with E-state index in [0.717, 1.165) is 18.5 Å². The summed E-state index contributed by atoms with van der Waals surface area (Å²) in [6, 6.07) is 1.81. The second kappa shape index (κ2) is 5.80. The number of hydrogen-bond donors (Lipinski definition) is 1. The first-order valence-corrected chi connectivity index (χ1v) is 8.38. The summed E-state index contributed by atoms with van der Waals surface area (Å²) in [5.74, 6) is -0.942. The van der Waals surface area contributed by atoms with Crippen molar-refractivity contribution < 1.29 is 24.0 Å². The molecular formula is C17H19N3O5. The van der Waals surface area contributed by atoms with E-state index >= 15 is 0 Å². The summed E-state index contributed by atoms with van der Waals surface area (Å²) in [7, 11) is 0. The third-order valence-corrected chi connectivity index (χ3v) is 4.69. The van der Waals surface area contributed by atoms with E-state index in [9.17, 15) is 14.7 Å². The summed E-state index contributed by atoms with van der Waals surface area (Å²) in [5, 5.41) is 13.8. The van der Waals surface area contributed by atoms with Crippen LogP contribution >= 0.6 is 0 Å². The fraction of sp³-hybridized carbons (Fsp3) is 0.529. The van der Waals surface area contributed by atoms with E-state index in [2.05, 4.69) is 10.1 Å². The van der Waals surface area contributed by atoms with Crippen molar-refractivity contribution >= 4 is 23.0 Å². The van der Waals surface area contributed by atoms with Gasteiger partial charge in [-0.25, -0.2) is 9.78 Å². The van der Waals surface area contributed by atoms with Gasteiger partial charge in [0.05, 0.1) is 29.3 Å². The number of carboxylic acids is 1. The molecule has 2 aromatic heterocycles. The van der Waals surface area contributed by atoms with E-state index in [4.69, 9.17) is 9.26 Å². The number of carboxylic acid groups (broad SMARTS) is 1. The predicted octanol–water partition coefficient (Wildman–Crippen LogP) is 1.72. The molecule has 0 spiro atoms. The fourth-order valence-electron chi connectivity index (χ4n) is 3.29. The zero-order valence-electron chi connectivity index (χ0n) is 14.1. The molecule has 25 heavy (non-hydrogen) atoms. The average molecular weight is 345 g/mol. The highest BCUT2D eigenvalue weighted by Gasteiger charge is 2.35. The van der Waals surface area contributed by atoms with Crippen molar-refractivity contribution in [1.82, 2.24) is 15.0 Å². The van der Waals surface area contributed by atoms with Crippen molar-refractivity contribution in [3.63, 3.8) is 0 Å². The number of aliphatic carboxylic acids is 1. The summed E-state index contributed by atoms with van der Waals surface area (Å²) in [4.78, 5) is 30.5. The second-order valence-corrected chi connectivity index (χ2v) is 6.80. The van der Waals surface area contributed by atoms with Crippen molar-refractivity contribution in [2.45, 2.75) is 44.8 Å². The van der Waals surface area contributed by atoms with Gasteiger partial charge in [0.1, 0.15) is 0 Å². The maximum absolute atomic E-state index is 13.2. The van der Waals surface area contributed by atoms with Gasteiger partial charge in [-0.05, 0) is 32.8 Å². The highest BCUT2D eigenvalue weighted by atomic mass is 16.5. The molecule has 0 aromatic carbocycles. The number of aryl methyl sites for hydroxylation is 1. The number of amides is 1. The number of aromatic nitrogens is 2. The molecule has 1 saturated carbocycles. The smallest absolute Gasteiger partial charge is 0.334 e. The lowest BCUT2D eigenvalue weighted by Crippen LogP contribution is -2.51. The molecule has 1 N–H and O–H groups in total. The quantitative estimate of drug-likeness (QED) is 0.903. The van der Waals surface area contributed by atoms with Crippen molar-refractivity contribution in [3.8, 4) is 0 Å². The monoisotopic (exact) mass is 345 g/mol. The van der Waals surface area contributed by atoms with E-state index in [1.165, 1.54) is 4.90 Å². The Morgan fingerprint density at radius 3 is 2.76 bits per heavy atom. The predicted molar refractivity (Wildman–Crippen MR) is 86.4 cm³/mol. The highest BCUT2D eigenvalue weighted by molar-refractivity contribution is 6.06. The summed E-state index contributed by atoms with van der Waals surface area (Å²) in [6.45, 7) is 3.89. The molecule has 1 aliphatic heterocycles. The van der Waals surface area contributed by atoms with Crippen molar-refractivity contribution in [3.05, 3.63) is 23.0 Å². The first kappa shape index (κ1) is 16.0. The second-order valence-electron chi connectivity index (χ2n) is 6.80. The van der Waals surface area contributed by atoms with Crippen LogP contribution in [0.25, 0.3) is 11.1 Å². The number of ether oxygens (including phenoxy) is 1. The van der Waals surface area contributed by atoms with E-state index in [1.807, 2.05) is 6.07 Å². The minimum atomic E-state index is -1.07. The summed E-state index contributed by atoms with van der Waals surface area (Å²) < 4.78 is 10.7. The van der Waals surface area contributed by atoms with Gasteiger partial charge in [0.25, 0.3) is 11.6 Å². The van der Waals surface area contributed by atoms with Crippen LogP contribution in [0.15, 0.2) is 10.6 Å². The topological polar surface area (TPSA) is 106 Å².